The van der Waals surface area contributed by atoms with Gasteiger partial charge in [0.1, 0.15) is 5.69 Å². The summed E-state index contributed by atoms with van der Waals surface area (Å²) in [6.07, 6.45) is -4.03. The summed E-state index contributed by atoms with van der Waals surface area (Å²) < 4.78 is 42.8. The summed E-state index contributed by atoms with van der Waals surface area (Å²) in [6, 6.07) is 2.37. The first kappa shape index (κ1) is 16.0. The number of nitrogens with one attached hydrogen (secondary N) is 1. The number of aromatic nitrogens is 1. The number of pyridine rings is 1. The maximum absolute atomic E-state index is 12.5. The third-order valence-corrected chi connectivity index (χ3v) is 3.16. The lowest BCUT2D eigenvalue weighted by Gasteiger charge is -2.28. The van der Waals surface area contributed by atoms with Gasteiger partial charge >= 0.3 is 6.18 Å². The molecule has 0 aromatic carbocycles. The molecule has 1 unspecified atom stereocenters. The first-order valence-electron chi connectivity index (χ1n) is 6.70. The van der Waals surface area contributed by atoms with E-state index in [9.17, 15) is 18.3 Å². The number of rotatable bonds is 5. The van der Waals surface area contributed by atoms with E-state index >= 15 is 0 Å². The molecule has 5 nitrogen and oxygen atoms in total. The van der Waals surface area contributed by atoms with Crippen LogP contribution in [0.3, 0.4) is 0 Å². The molecule has 0 saturated carbocycles. The maximum atomic E-state index is 12.5. The summed E-state index contributed by atoms with van der Waals surface area (Å²) >= 11 is 0. The van der Waals surface area contributed by atoms with Gasteiger partial charge in [-0.05, 0) is 12.1 Å². The van der Waals surface area contributed by atoms with Crippen molar-refractivity contribution in [3.8, 4) is 0 Å². The average molecular weight is 305 g/mol. The Balaban J connectivity index is 1.82. The van der Waals surface area contributed by atoms with E-state index in [1.807, 2.05) is 0 Å². The first-order chi connectivity index (χ1) is 9.95. The van der Waals surface area contributed by atoms with Crippen LogP contribution in [0.15, 0.2) is 18.3 Å². The van der Waals surface area contributed by atoms with Crippen LogP contribution in [0.1, 0.15) is 5.69 Å². The number of anilines is 1. The standard InChI is InChI=1S/C13H18F3N3O2/c14-13(15,16)12-7-10(1-2-17-12)18-8-11(20)9-19-3-5-21-6-4-19/h1-2,7,11,20H,3-6,8-9H2,(H,17,18). The number of halogens is 3. The SMILES string of the molecule is OC(CNc1ccnc(C(F)(F)F)c1)CN1CCOCC1. The topological polar surface area (TPSA) is 57.6 Å². The van der Waals surface area contributed by atoms with Gasteiger partial charge in [-0.3, -0.25) is 9.88 Å². The van der Waals surface area contributed by atoms with E-state index in [0.29, 0.717) is 25.4 Å². The van der Waals surface area contributed by atoms with Crippen LogP contribution in [0.25, 0.3) is 0 Å². The molecule has 1 aromatic heterocycles. The monoisotopic (exact) mass is 305 g/mol. The minimum Gasteiger partial charge on any atom is -0.390 e. The number of β-amino-alcohol motifs (C(OH)–C–C–N with tert-alkyl or cyclic N) is 1. The second kappa shape index (κ2) is 7.06. The van der Waals surface area contributed by atoms with Gasteiger partial charge in [-0.1, -0.05) is 0 Å². The van der Waals surface area contributed by atoms with Crippen molar-refractivity contribution in [3.05, 3.63) is 24.0 Å². The van der Waals surface area contributed by atoms with Gasteiger partial charge in [-0.25, -0.2) is 0 Å². The minimum atomic E-state index is -4.47. The van der Waals surface area contributed by atoms with E-state index < -0.39 is 18.0 Å². The number of ether oxygens (including phenoxy) is 1. The Hall–Kier alpha value is -1.38. The lowest BCUT2D eigenvalue weighted by molar-refractivity contribution is -0.141. The van der Waals surface area contributed by atoms with Gasteiger partial charge in [0.05, 0.1) is 19.3 Å². The Kier molecular flexibility index (Phi) is 5.38. The van der Waals surface area contributed by atoms with Gasteiger partial charge in [-0.15, -0.1) is 0 Å². The lowest BCUT2D eigenvalue weighted by atomic mass is 10.2. The molecule has 0 aliphatic carbocycles. The fraction of sp³-hybridized carbons (Fsp3) is 0.615. The Bertz CT molecular complexity index is 451. The molecule has 0 radical (unpaired) electrons. The van der Waals surface area contributed by atoms with Crippen LogP contribution in [0.5, 0.6) is 0 Å². The molecule has 0 spiro atoms. The summed E-state index contributed by atoms with van der Waals surface area (Å²) in [5.74, 6) is 0. The highest BCUT2D eigenvalue weighted by Crippen LogP contribution is 2.28. The molecule has 118 valence electrons. The smallest absolute Gasteiger partial charge is 0.390 e. The summed E-state index contributed by atoms with van der Waals surface area (Å²) in [5, 5.41) is 12.7. The Morgan fingerprint density at radius 1 is 1.38 bits per heavy atom. The quantitative estimate of drug-likeness (QED) is 0.856. The molecule has 1 atom stereocenters. The van der Waals surface area contributed by atoms with E-state index in [1.165, 1.54) is 6.07 Å². The van der Waals surface area contributed by atoms with Crippen molar-refractivity contribution >= 4 is 5.69 Å². The molecule has 8 heteroatoms. The summed E-state index contributed by atoms with van der Waals surface area (Å²) in [4.78, 5) is 5.34. The van der Waals surface area contributed by atoms with Crippen molar-refractivity contribution < 1.29 is 23.0 Å². The molecule has 2 rings (SSSR count). The number of hydrogen-bond acceptors (Lipinski definition) is 5. The van der Waals surface area contributed by atoms with E-state index in [2.05, 4.69) is 15.2 Å². The van der Waals surface area contributed by atoms with Crippen molar-refractivity contribution in [2.75, 3.05) is 44.7 Å². The van der Waals surface area contributed by atoms with E-state index in [1.54, 1.807) is 0 Å². The fourth-order valence-electron chi connectivity index (χ4n) is 2.08. The van der Waals surface area contributed by atoms with E-state index in [4.69, 9.17) is 4.74 Å². The van der Waals surface area contributed by atoms with Gasteiger partial charge < -0.3 is 15.2 Å². The van der Waals surface area contributed by atoms with Gasteiger partial charge in [0.2, 0.25) is 0 Å². The van der Waals surface area contributed by atoms with E-state index in [-0.39, 0.29) is 6.54 Å². The highest BCUT2D eigenvalue weighted by molar-refractivity contribution is 5.43. The van der Waals surface area contributed by atoms with Gasteiger partial charge in [-0.2, -0.15) is 13.2 Å². The van der Waals surface area contributed by atoms with Crippen LogP contribution in [0.4, 0.5) is 18.9 Å². The van der Waals surface area contributed by atoms with Crippen molar-refractivity contribution in [1.29, 1.82) is 0 Å². The van der Waals surface area contributed by atoms with Crippen LogP contribution < -0.4 is 5.32 Å². The van der Waals surface area contributed by atoms with Crippen molar-refractivity contribution in [2.45, 2.75) is 12.3 Å². The summed E-state index contributed by atoms with van der Waals surface area (Å²) in [5.41, 5.74) is -0.659. The highest BCUT2D eigenvalue weighted by Gasteiger charge is 2.32. The summed E-state index contributed by atoms with van der Waals surface area (Å²) in [7, 11) is 0. The molecule has 21 heavy (non-hydrogen) atoms. The molecule has 0 amide bonds. The second-order valence-corrected chi connectivity index (χ2v) is 4.88. The van der Waals surface area contributed by atoms with Crippen LogP contribution in [-0.4, -0.2) is 60.5 Å². The first-order valence-corrected chi connectivity index (χ1v) is 6.70. The predicted molar refractivity (Wildman–Crippen MR) is 71.0 cm³/mol. The minimum absolute atomic E-state index is 0.179. The highest BCUT2D eigenvalue weighted by atomic mass is 19.4. The maximum Gasteiger partial charge on any atom is 0.433 e. The zero-order valence-electron chi connectivity index (χ0n) is 11.4. The van der Waals surface area contributed by atoms with Gasteiger partial charge in [0, 0.05) is 38.1 Å². The number of hydrogen-bond donors (Lipinski definition) is 2. The third kappa shape index (κ3) is 5.14. The molecule has 1 aliphatic rings. The largest absolute Gasteiger partial charge is 0.433 e. The van der Waals surface area contributed by atoms with E-state index in [0.717, 1.165) is 25.4 Å². The van der Waals surface area contributed by atoms with Crippen LogP contribution >= 0.6 is 0 Å². The number of alkyl halides is 3. The lowest BCUT2D eigenvalue weighted by Crippen LogP contribution is -2.42. The van der Waals surface area contributed by atoms with Crippen LogP contribution in [0, 0.1) is 0 Å². The zero-order chi connectivity index (χ0) is 15.3. The van der Waals surface area contributed by atoms with Crippen LogP contribution in [-0.2, 0) is 10.9 Å². The third-order valence-electron chi connectivity index (χ3n) is 3.16. The molecule has 1 fully saturated rings. The molecule has 1 aliphatic heterocycles. The van der Waals surface area contributed by atoms with Gasteiger partial charge in [0.15, 0.2) is 0 Å². The fourth-order valence-corrected chi connectivity index (χ4v) is 2.08. The molecule has 1 aromatic rings. The molecular formula is C13H18F3N3O2. The molecular weight excluding hydrogens is 287 g/mol. The van der Waals surface area contributed by atoms with Crippen molar-refractivity contribution in [1.82, 2.24) is 9.88 Å². The normalized spacial score (nSPS) is 18.5. The van der Waals surface area contributed by atoms with Crippen molar-refractivity contribution in [3.63, 3.8) is 0 Å². The number of aliphatic hydroxyl groups excluding tert-OH is 1. The summed E-state index contributed by atoms with van der Waals surface area (Å²) in [6.45, 7) is 3.43. The van der Waals surface area contributed by atoms with Crippen LogP contribution in [0.2, 0.25) is 0 Å². The van der Waals surface area contributed by atoms with Crippen molar-refractivity contribution in [2.24, 2.45) is 0 Å². The molecule has 2 N–H and O–H groups in total. The second-order valence-electron chi connectivity index (χ2n) is 4.88. The average Bonchev–Trinajstić information content (AvgIpc) is 2.46. The number of nitrogens with zero attached hydrogens (tertiary/aromatic N) is 2. The molecule has 1 saturated heterocycles. The predicted octanol–water partition coefficient (Wildman–Crippen LogP) is 1.21. The van der Waals surface area contributed by atoms with Gasteiger partial charge in [0.25, 0.3) is 0 Å². The Morgan fingerprint density at radius 3 is 2.76 bits per heavy atom. The molecule has 2 heterocycles. The Morgan fingerprint density at radius 2 is 2.10 bits per heavy atom. The number of morpholine rings is 1. The Labute approximate surface area is 120 Å². The molecule has 0 bridgehead atoms. The zero-order valence-corrected chi connectivity index (χ0v) is 11.4. The number of aliphatic hydroxyl groups is 1.